The molecule has 1 aliphatic rings. The van der Waals surface area contributed by atoms with E-state index in [9.17, 15) is 0 Å². The molecule has 0 saturated carbocycles. The summed E-state index contributed by atoms with van der Waals surface area (Å²) in [4.78, 5) is 4.39. The monoisotopic (exact) mass is 350 g/mol. The summed E-state index contributed by atoms with van der Waals surface area (Å²) < 4.78 is 5.97. The number of aromatic nitrogens is 4. The topological polar surface area (TPSA) is 78.5 Å². The summed E-state index contributed by atoms with van der Waals surface area (Å²) in [6.45, 7) is 2.17. The molecule has 25 heavy (non-hydrogen) atoms. The average molecular weight is 350 g/mol. The second-order valence-corrected chi connectivity index (χ2v) is 7.20. The third kappa shape index (κ3) is 2.65. The number of nitrogens with one attached hydrogen (secondary N) is 3. The molecule has 0 amide bonds. The molecule has 4 heterocycles. The van der Waals surface area contributed by atoms with Gasteiger partial charge in [-0.3, -0.25) is 10.1 Å². The Bertz CT molecular complexity index is 1030. The zero-order valence-electron chi connectivity index (χ0n) is 13.6. The molecule has 3 N–H and O–H groups in total. The lowest BCUT2D eigenvalue weighted by Gasteiger charge is -2.21. The first-order valence-electron chi connectivity index (χ1n) is 8.54. The van der Waals surface area contributed by atoms with E-state index in [1.54, 1.807) is 17.7 Å². The number of aromatic amines is 1. The van der Waals surface area contributed by atoms with Crippen molar-refractivity contribution in [3.8, 4) is 0 Å². The number of rotatable bonds is 3. The fraction of sp³-hybridized carbons (Fsp3) is 0.278. The second kappa shape index (κ2) is 6.09. The molecule has 1 fully saturated rings. The standard InChI is InChI=1S/C18H18N6S/c1-2-14-17(20-7-1)18(23-22-14)21-12-3-4-13-15(10-12)25-24-16(13)11-5-8-19-9-6-11/h1-4,7,10-11,19H,5-6,8-9H2,(H2,21,22,23). The molecule has 0 bridgehead atoms. The number of H-pyrrole nitrogens is 1. The smallest absolute Gasteiger partial charge is 0.178 e. The van der Waals surface area contributed by atoms with Crippen LogP contribution in [0.2, 0.25) is 0 Å². The van der Waals surface area contributed by atoms with E-state index in [-0.39, 0.29) is 0 Å². The first-order chi connectivity index (χ1) is 12.4. The van der Waals surface area contributed by atoms with Crippen LogP contribution in [0, 0.1) is 0 Å². The van der Waals surface area contributed by atoms with Crippen molar-refractivity contribution in [2.75, 3.05) is 18.4 Å². The first-order valence-corrected chi connectivity index (χ1v) is 9.32. The minimum atomic E-state index is 0.577. The van der Waals surface area contributed by atoms with Gasteiger partial charge in [-0.1, -0.05) is 0 Å². The van der Waals surface area contributed by atoms with E-state index in [0.717, 1.165) is 35.6 Å². The minimum absolute atomic E-state index is 0.577. The molecule has 4 aromatic rings. The molecule has 0 spiro atoms. The van der Waals surface area contributed by atoms with Gasteiger partial charge in [0, 0.05) is 23.2 Å². The van der Waals surface area contributed by atoms with Crippen LogP contribution in [0.15, 0.2) is 36.5 Å². The van der Waals surface area contributed by atoms with Crippen LogP contribution in [0.5, 0.6) is 0 Å². The number of nitrogens with zero attached hydrogens (tertiary/aromatic N) is 3. The summed E-state index contributed by atoms with van der Waals surface area (Å²) in [5.74, 6) is 1.33. The van der Waals surface area contributed by atoms with Crippen molar-refractivity contribution in [3.63, 3.8) is 0 Å². The Morgan fingerprint density at radius 2 is 2.08 bits per heavy atom. The van der Waals surface area contributed by atoms with Crippen molar-refractivity contribution in [2.24, 2.45) is 0 Å². The van der Waals surface area contributed by atoms with E-state index < -0.39 is 0 Å². The van der Waals surface area contributed by atoms with Gasteiger partial charge in [0.05, 0.1) is 15.9 Å². The third-order valence-corrected chi connectivity index (χ3v) is 5.63. The maximum absolute atomic E-state index is 4.76. The summed E-state index contributed by atoms with van der Waals surface area (Å²) in [7, 11) is 0. The predicted octanol–water partition coefficient (Wildman–Crippen LogP) is 3.78. The van der Waals surface area contributed by atoms with Gasteiger partial charge >= 0.3 is 0 Å². The molecule has 1 aromatic carbocycles. The zero-order chi connectivity index (χ0) is 16.6. The summed E-state index contributed by atoms with van der Waals surface area (Å²) >= 11 is 1.58. The van der Waals surface area contributed by atoms with Gasteiger partial charge in [-0.2, -0.15) is 9.47 Å². The van der Waals surface area contributed by atoms with Crippen LogP contribution in [-0.4, -0.2) is 32.6 Å². The molecule has 0 atom stereocenters. The lowest BCUT2D eigenvalue weighted by Crippen LogP contribution is -2.26. The van der Waals surface area contributed by atoms with Crippen LogP contribution < -0.4 is 10.6 Å². The number of benzene rings is 1. The third-order valence-electron chi connectivity index (χ3n) is 4.81. The van der Waals surface area contributed by atoms with Crippen LogP contribution in [0.4, 0.5) is 11.5 Å². The van der Waals surface area contributed by atoms with Crippen LogP contribution in [0.25, 0.3) is 21.1 Å². The van der Waals surface area contributed by atoms with Crippen molar-refractivity contribution in [2.45, 2.75) is 18.8 Å². The molecular formula is C18H18N6S. The number of hydrogen-bond acceptors (Lipinski definition) is 6. The quantitative estimate of drug-likeness (QED) is 0.524. The van der Waals surface area contributed by atoms with Crippen LogP contribution in [0.1, 0.15) is 24.5 Å². The van der Waals surface area contributed by atoms with Crippen molar-refractivity contribution in [1.29, 1.82) is 0 Å². The molecule has 7 heteroatoms. The highest BCUT2D eigenvalue weighted by Crippen LogP contribution is 2.35. The van der Waals surface area contributed by atoms with Gasteiger partial charge in [-0.25, -0.2) is 0 Å². The number of hydrogen-bond donors (Lipinski definition) is 3. The van der Waals surface area contributed by atoms with Crippen molar-refractivity contribution < 1.29 is 0 Å². The van der Waals surface area contributed by atoms with Gasteiger partial charge in [-0.15, -0.1) is 0 Å². The predicted molar refractivity (Wildman–Crippen MR) is 102 cm³/mol. The van der Waals surface area contributed by atoms with Crippen molar-refractivity contribution in [3.05, 3.63) is 42.2 Å². The molecule has 3 aromatic heterocycles. The van der Waals surface area contributed by atoms with E-state index in [4.69, 9.17) is 4.37 Å². The Labute approximate surface area is 148 Å². The van der Waals surface area contributed by atoms with Crippen LogP contribution >= 0.6 is 11.5 Å². The Morgan fingerprint density at radius 3 is 3.00 bits per heavy atom. The van der Waals surface area contributed by atoms with E-state index in [1.807, 2.05) is 12.1 Å². The molecule has 6 nitrogen and oxygen atoms in total. The average Bonchev–Trinajstić information content (AvgIpc) is 3.27. The Balaban J connectivity index is 1.47. The molecule has 0 unspecified atom stereocenters. The highest BCUT2D eigenvalue weighted by Gasteiger charge is 2.20. The fourth-order valence-corrected chi connectivity index (χ4v) is 4.40. The van der Waals surface area contributed by atoms with Gasteiger partial charge in [-0.05, 0) is 67.8 Å². The SMILES string of the molecule is c1cnc2c(Nc3ccc4c(C5CCNCC5)nsc4c3)n[nH]c2c1. The van der Waals surface area contributed by atoms with E-state index in [1.165, 1.54) is 28.6 Å². The summed E-state index contributed by atoms with van der Waals surface area (Å²) in [6, 6.07) is 10.3. The summed E-state index contributed by atoms with van der Waals surface area (Å²) in [6.07, 6.45) is 4.12. The van der Waals surface area contributed by atoms with Gasteiger partial charge in [0.2, 0.25) is 0 Å². The van der Waals surface area contributed by atoms with Crippen molar-refractivity contribution in [1.82, 2.24) is 24.9 Å². The molecule has 126 valence electrons. The second-order valence-electron chi connectivity index (χ2n) is 6.40. The molecule has 5 rings (SSSR count). The molecule has 1 saturated heterocycles. The van der Waals surface area contributed by atoms with Crippen LogP contribution in [-0.2, 0) is 0 Å². The first kappa shape index (κ1) is 14.8. The lowest BCUT2D eigenvalue weighted by atomic mass is 9.92. The van der Waals surface area contributed by atoms with E-state index in [0.29, 0.717) is 5.92 Å². The Hall–Kier alpha value is -2.51. The van der Waals surface area contributed by atoms with Crippen molar-refractivity contribution >= 4 is 44.2 Å². The van der Waals surface area contributed by atoms with Gasteiger partial charge < -0.3 is 10.6 Å². The maximum Gasteiger partial charge on any atom is 0.178 e. The number of piperidine rings is 1. The van der Waals surface area contributed by atoms with Gasteiger partial charge in [0.1, 0.15) is 5.52 Å². The number of fused-ring (bicyclic) bond motifs is 2. The summed E-state index contributed by atoms with van der Waals surface area (Å²) in [5.41, 5.74) is 4.05. The van der Waals surface area contributed by atoms with E-state index in [2.05, 4.69) is 44.0 Å². The fourth-order valence-electron chi connectivity index (χ4n) is 3.50. The molecule has 0 radical (unpaired) electrons. The normalized spacial score (nSPS) is 15.8. The van der Waals surface area contributed by atoms with Crippen LogP contribution in [0.3, 0.4) is 0 Å². The Morgan fingerprint density at radius 1 is 1.16 bits per heavy atom. The van der Waals surface area contributed by atoms with E-state index >= 15 is 0 Å². The highest BCUT2D eigenvalue weighted by molar-refractivity contribution is 7.13. The zero-order valence-corrected chi connectivity index (χ0v) is 14.4. The van der Waals surface area contributed by atoms with Gasteiger partial charge in [0.25, 0.3) is 0 Å². The molecule has 0 aliphatic carbocycles. The minimum Gasteiger partial charge on any atom is -0.337 e. The summed E-state index contributed by atoms with van der Waals surface area (Å²) in [5, 5.41) is 15.4. The molecule has 1 aliphatic heterocycles. The van der Waals surface area contributed by atoms with Gasteiger partial charge in [0.15, 0.2) is 5.82 Å². The largest absolute Gasteiger partial charge is 0.337 e. The lowest BCUT2D eigenvalue weighted by molar-refractivity contribution is 0.457. The number of pyridine rings is 1. The Kier molecular flexibility index (Phi) is 3.61. The number of anilines is 2. The molecular weight excluding hydrogens is 332 g/mol. The maximum atomic E-state index is 4.76. The highest BCUT2D eigenvalue weighted by atomic mass is 32.1.